The van der Waals surface area contributed by atoms with Crippen molar-refractivity contribution in [3.05, 3.63) is 35.4 Å². The first-order chi connectivity index (χ1) is 9.08. The summed E-state index contributed by atoms with van der Waals surface area (Å²) in [4.78, 5) is 13.5. The Morgan fingerprint density at radius 2 is 2.26 bits per heavy atom. The SMILES string of the molecule is Cc1cccc(CCN2CCC[C@@H](C(=O)O)[C@H]2C)c1. The second kappa shape index (κ2) is 6.20. The smallest absolute Gasteiger partial charge is 0.308 e. The van der Waals surface area contributed by atoms with Crippen LogP contribution in [0.5, 0.6) is 0 Å². The molecule has 3 nitrogen and oxygen atoms in total. The molecule has 1 heterocycles. The largest absolute Gasteiger partial charge is 0.481 e. The molecule has 0 amide bonds. The van der Waals surface area contributed by atoms with Gasteiger partial charge in [0.05, 0.1) is 5.92 Å². The summed E-state index contributed by atoms with van der Waals surface area (Å²) in [5.74, 6) is -0.848. The lowest BCUT2D eigenvalue weighted by atomic mass is 9.90. The molecule has 0 unspecified atom stereocenters. The summed E-state index contributed by atoms with van der Waals surface area (Å²) in [6, 6.07) is 8.70. The van der Waals surface area contributed by atoms with Crippen LogP contribution in [0.15, 0.2) is 24.3 Å². The highest BCUT2D eigenvalue weighted by Crippen LogP contribution is 2.23. The summed E-state index contributed by atoms with van der Waals surface area (Å²) in [5.41, 5.74) is 2.62. The normalized spacial score (nSPS) is 24.3. The first-order valence-corrected chi connectivity index (χ1v) is 7.10. The quantitative estimate of drug-likeness (QED) is 0.906. The van der Waals surface area contributed by atoms with Gasteiger partial charge in [-0.3, -0.25) is 9.69 Å². The zero-order valence-electron chi connectivity index (χ0n) is 11.8. The number of nitrogens with zero attached hydrogens (tertiary/aromatic N) is 1. The van der Waals surface area contributed by atoms with Gasteiger partial charge in [0.15, 0.2) is 0 Å². The number of hydrogen-bond donors (Lipinski definition) is 1. The van der Waals surface area contributed by atoms with Gasteiger partial charge in [-0.15, -0.1) is 0 Å². The van der Waals surface area contributed by atoms with Crippen molar-refractivity contribution in [2.45, 2.75) is 39.2 Å². The lowest BCUT2D eigenvalue weighted by Gasteiger charge is -2.37. The Labute approximate surface area is 115 Å². The van der Waals surface area contributed by atoms with Crippen molar-refractivity contribution in [1.82, 2.24) is 4.90 Å². The summed E-state index contributed by atoms with van der Waals surface area (Å²) in [6.07, 6.45) is 2.81. The van der Waals surface area contributed by atoms with Crippen LogP contribution >= 0.6 is 0 Å². The number of hydrogen-bond acceptors (Lipinski definition) is 2. The number of aliphatic carboxylic acids is 1. The summed E-state index contributed by atoms with van der Waals surface area (Å²) >= 11 is 0. The minimum absolute atomic E-state index is 0.149. The van der Waals surface area contributed by atoms with Crippen LogP contribution in [0.25, 0.3) is 0 Å². The minimum Gasteiger partial charge on any atom is -0.481 e. The minimum atomic E-state index is -0.646. The highest BCUT2D eigenvalue weighted by atomic mass is 16.4. The Morgan fingerprint density at radius 1 is 1.47 bits per heavy atom. The average molecular weight is 261 g/mol. The van der Waals surface area contributed by atoms with Crippen LogP contribution in [0.4, 0.5) is 0 Å². The zero-order chi connectivity index (χ0) is 13.8. The number of aryl methyl sites for hydroxylation is 1. The van der Waals surface area contributed by atoms with Gasteiger partial charge in [-0.2, -0.15) is 0 Å². The lowest BCUT2D eigenvalue weighted by molar-refractivity contribution is -0.145. The van der Waals surface area contributed by atoms with Crippen molar-refractivity contribution in [2.24, 2.45) is 5.92 Å². The maximum atomic E-state index is 11.2. The van der Waals surface area contributed by atoms with E-state index in [2.05, 4.69) is 36.1 Å². The van der Waals surface area contributed by atoms with Crippen molar-refractivity contribution in [3.8, 4) is 0 Å². The van der Waals surface area contributed by atoms with E-state index >= 15 is 0 Å². The van der Waals surface area contributed by atoms with Gasteiger partial charge in [0, 0.05) is 12.6 Å². The molecule has 1 saturated heterocycles. The molecule has 0 aromatic heterocycles. The first-order valence-electron chi connectivity index (χ1n) is 7.10. The molecular formula is C16H23NO2. The van der Waals surface area contributed by atoms with Gasteiger partial charge in [0.25, 0.3) is 0 Å². The Morgan fingerprint density at radius 3 is 2.95 bits per heavy atom. The Kier molecular flexibility index (Phi) is 4.59. The van der Waals surface area contributed by atoms with Gasteiger partial charge in [-0.1, -0.05) is 29.8 Å². The molecule has 2 atom stereocenters. The second-order valence-electron chi connectivity index (χ2n) is 5.60. The third-order valence-corrected chi connectivity index (χ3v) is 4.21. The predicted molar refractivity (Wildman–Crippen MR) is 76.3 cm³/mol. The molecule has 1 aromatic carbocycles. The first kappa shape index (κ1) is 14.1. The molecule has 1 aliphatic heterocycles. The highest BCUT2D eigenvalue weighted by Gasteiger charge is 2.32. The molecule has 0 spiro atoms. The summed E-state index contributed by atoms with van der Waals surface area (Å²) in [6.45, 7) is 6.13. The molecule has 19 heavy (non-hydrogen) atoms. The number of carbonyl (C=O) groups is 1. The number of carboxylic acid groups (broad SMARTS) is 1. The fraction of sp³-hybridized carbons (Fsp3) is 0.562. The van der Waals surface area contributed by atoms with E-state index in [1.165, 1.54) is 11.1 Å². The topological polar surface area (TPSA) is 40.5 Å². The van der Waals surface area contributed by atoms with E-state index in [0.717, 1.165) is 32.4 Å². The van der Waals surface area contributed by atoms with Crippen molar-refractivity contribution in [3.63, 3.8) is 0 Å². The standard InChI is InChI=1S/C16H23NO2/c1-12-5-3-6-14(11-12)8-10-17-9-4-7-15(13(17)2)16(18)19/h3,5-6,11,13,15H,4,7-10H2,1-2H3,(H,18,19)/t13-,15-/m1/s1. The summed E-state index contributed by atoms with van der Waals surface area (Å²) < 4.78 is 0. The fourth-order valence-electron chi connectivity index (χ4n) is 3.00. The van der Waals surface area contributed by atoms with Gasteiger partial charge in [0.1, 0.15) is 0 Å². The Balaban J connectivity index is 1.93. The Hall–Kier alpha value is -1.35. The van der Waals surface area contributed by atoms with Crippen LogP contribution in [-0.4, -0.2) is 35.1 Å². The molecule has 1 N–H and O–H groups in total. The second-order valence-corrected chi connectivity index (χ2v) is 5.60. The molecule has 1 aromatic rings. The predicted octanol–water partition coefficient (Wildman–Crippen LogP) is 2.72. The molecule has 2 rings (SSSR count). The van der Waals surface area contributed by atoms with Crippen molar-refractivity contribution >= 4 is 5.97 Å². The summed E-state index contributed by atoms with van der Waals surface area (Å²) in [5, 5.41) is 9.22. The van der Waals surface area contributed by atoms with Crippen LogP contribution in [0, 0.1) is 12.8 Å². The lowest BCUT2D eigenvalue weighted by Crippen LogP contribution is -2.46. The molecule has 0 saturated carbocycles. The molecule has 3 heteroatoms. The average Bonchev–Trinajstić information content (AvgIpc) is 2.37. The fourth-order valence-corrected chi connectivity index (χ4v) is 3.00. The van der Waals surface area contributed by atoms with Gasteiger partial charge in [0.2, 0.25) is 0 Å². The van der Waals surface area contributed by atoms with Crippen molar-refractivity contribution in [1.29, 1.82) is 0 Å². The highest BCUT2D eigenvalue weighted by molar-refractivity contribution is 5.70. The van der Waals surface area contributed by atoms with Crippen LogP contribution in [0.3, 0.4) is 0 Å². The maximum Gasteiger partial charge on any atom is 0.308 e. The number of rotatable bonds is 4. The zero-order valence-corrected chi connectivity index (χ0v) is 11.8. The third-order valence-electron chi connectivity index (χ3n) is 4.21. The molecule has 104 valence electrons. The van der Waals surface area contributed by atoms with Gasteiger partial charge >= 0.3 is 5.97 Å². The van der Waals surface area contributed by atoms with E-state index < -0.39 is 5.97 Å². The van der Waals surface area contributed by atoms with E-state index in [1.807, 2.05) is 6.92 Å². The summed E-state index contributed by atoms with van der Waals surface area (Å²) in [7, 11) is 0. The molecule has 0 bridgehead atoms. The van der Waals surface area contributed by atoms with Gasteiger partial charge in [-0.25, -0.2) is 0 Å². The van der Waals surface area contributed by atoms with E-state index in [4.69, 9.17) is 0 Å². The monoisotopic (exact) mass is 261 g/mol. The van der Waals surface area contributed by atoms with E-state index in [-0.39, 0.29) is 12.0 Å². The van der Waals surface area contributed by atoms with E-state index in [0.29, 0.717) is 0 Å². The molecule has 0 aliphatic carbocycles. The van der Waals surface area contributed by atoms with Gasteiger partial charge in [-0.05, 0) is 45.2 Å². The Bertz CT molecular complexity index is 444. The number of benzene rings is 1. The van der Waals surface area contributed by atoms with Crippen molar-refractivity contribution < 1.29 is 9.90 Å². The molecule has 1 aliphatic rings. The van der Waals surface area contributed by atoms with Gasteiger partial charge < -0.3 is 5.11 Å². The number of piperidine rings is 1. The van der Waals surface area contributed by atoms with E-state index in [9.17, 15) is 9.90 Å². The number of carboxylic acids is 1. The molecular weight excluding hydrogens is 238 g/mol. The maximum absolute atomic E-state index is 11.2. The van der Waals surface area contributed by atoms with Crippen molar-refractivity contribution in [2.75, 3.05) is 13.1 Å². The molecule has 0 radical (unpaired) electrons. The molecule has 1 fully saturated rings. The van der Waals surface area contributed by atoms with Crippen LogP contribution < -0.4 is 0 Å². The van der Waals surface area contributed by atoms with Crippen LogP contribution in [-0.2, 0) is 11.2 Å². The number of likely N-dealkylation sites (tertiary alicyclic amines) is 1. The van der Waals surface area contributed by atoms with E-state index in [1.54, 1.807) is 0 Å². The van der Waals surface area contributed by atoms with Crippen LogP contribution in [0.2, 0.25) is 0 Å². The van der Waals surface area contributed by atoms with Crippen LogP contribution in [0.1, 0.15) is 30.9 Å². The third kappa shape index (κ3) is 3.57.